The van der Waals surface area contributed by atoms with Gasteiger partial charge < -0.3 is 5.11 Å². The maximum absolute atomic E-state index is 10.6. The summed E-state index contributed by atoms with van der Waals surface area (Å²) in [6.45, 7) is 3.90. The molecule has 16 heavy (non-hydrogen) atoms. The van der Waals surface area contributed by atoms with E-state index >= 15 is 0 Å². The van der Waals surface area contributed by atoms with Gasteiger partial charge in [0.1, 0.15) is 0 Å². The molecular weight excluding hydrogens is 204 g/mol. The second kappa shape index (κ2) is 3.96. The molecule has 1 atom stereocenters. The molecule has 0 aromatic carbocycles. The lowest BCUT2D eigenvalue weighted by Gasteiger charge is -2.02. The average molecular weight is 218 g/mol. The average Bonchev–Trinajstić information content (AvgIpc) is 2.61. The lowest BCUT2D eigenvalue weighted by Crippen LogP contribution is -2.03. The molecule has 0 amide bonds. The van der Waals surface area contributed by atoms with Crippen molar-refractivity contribution in [3.05, 3.63) is 35.7 Å². The lowest BCUT2D eigenvalue weighted by atomic mass is 10.0. The van der Waals surface area contributed by atoms with E-state index in [-0.39, 0.29) is 12.3 Å². The van der Waals surface area contributed by atoms with E-state index in [1.54, 1.807) is 4.52 Å². The summed E-state index contributed by atoms with van der Waals surface area (Å²) < 4.78 is 1.79. The Morgan fingerprint density at radius 1 is 1.62 bits per heavy atom. The van der Waals surface area contributed by atoms with E-state index in [0.29, 0.717) is 0 Å². The topological polar surface area (TPSA) is 54.6 Å². The van der Waals surface area contributed by atoms with Crippen LogP contribution in [0.2, 0.25) is 0 Å². The number of aryl methyl sites for hydroxylation is 1. The number of nitrogens with zero attached hydrogens (tertiary/aromatic N) is 2. The van der Waals surface area contributed by atoms with E-state index in [4.69, 9.17) is 5.11 Å². The molecular formula is C12H14N2O2. The van der Waals surface area contributed by atoms with Crippen LogP contribution in [0.1, 0.15) is 30.5 Å². The summed E-state index contributed by atoms with van der Waals surface area (Å²) in [4.78, 5) is 10.6. The summed E-state index contributed by atoms with van der Waals surface area (Å²) in [6.07, 6.45) is 1.99. The highest BCUT2D eigenvalue weighted by atomic mass is 16.4. The zero-order chi connectivity index (χ0) is 11.7. The van der Waals surface area contributed by atoms with Crippen LogP contribution < -0.4 is 0 Å². The standard InChI is InChI=1S/C12H14N2O2/c1-8-4-3-5-14-11(8)7-10(13-14)9(2)6-12(15)16/h3-5,7,9H,6H2,1-2H3,(H,15,16). The molecule has 1 N–H and O–H groups in total. The van der Waals surface area contributed by atoms with Crippen molar-refractivity contribution < 1.29 is 9.90 Å². The molecule has 0 bridgehead atoms. The second-order valence-electron chi connectivity index (χ2n) is 4.09. The van der Waals surface area contributed by atoms with Gasteiger partial charge in [-0.25, -0.2) is 4.52 Å². The minimum absolute atomic E-state index is 0.0585. The molecule has 2 aromatic rings. The molecule has 0 saturated heterocycles. The van der Waals surface area contributed by atoms with Crippen LogP contribution in [0.25, 0.3) is 5.52 Å². The van der Waals surface area contributed by atoms with Crippen LogP contribution in [0.5, 0.6) is 0 Å². The van der Waals surface area contributed by atoms with Gasteiger partial charge in [0, 0.05) is 12.1 Å². The second-order valence-corrected chi connectivity index (χ2v) is 4.09. The first-order valence-electron chi connectivity index (χ1n) is 5.24. The number of fused-ring (bicyclic) bond motifs is 1. The Labute approximate surface area is 93.5 Å². The van der Waals surface area contributed by atoms with E-state index in [1.165, 1.54) is 0 Å². The number of aliphatic carboxylic acids is 1. The smallest absolute Gasteiger partial charge is 0.304 e. The molecule has 4 nitrogen and oxygen atoms in total. The van der Waals surface area contributed by atoms with Gasteiger partial charge in [-0.15, -0.1) is 0 Å². The summed E-state index contributed by atoms with van der Waals surface area (Å²) in [6, 6.07) is 5.91. The van der Waals surface area contributed by atoms with Crippen LogP contribution in [0.4, 0.5) is 0 Å². The number of hydrogen-bond donors (Lipinski definition) is 1. The molecule has 2 aromatic heterocycles. The van der Waals surface area contributed by atoms with Crippen molar-refractivity contribution in [2.45, 2.75) is 26.2 Å². The van der Waals surface area contributed by atoms with E-state index in [2.05, 4.69) is 5.10 Å². The first kappa shape index (κ1) is 10.7. The van der Waals surface area contributed by atoms with Gasteiger partial charge in [-0.2, -0.15) is 5.10 Å². The van der Waals surface area contributed by atoms with Gasteiger partial charge in [0.2, 0.25) is 0 Å². The van der Waals surface area contributed by atoms with Crippen molar-refractivity contribution in [1.82, 2.24) is 9.61 Å². The van der Waals surface area contributed by atoms with Crippen LogP contribution in [0.15, 0.2) is 24.4 Å². The zero-order valence-corrected chi connectivity index (χ0v) is 9.34. The SMILES string of the molecule is Cc1cccn2nc(C(C)CC(=O)O)cc12. The Balaban J connectivity index is 2.39. The molecule has 0 aliphatic carbocycles. The van der Waals surface area contributed by atoms with E-state index in [9.17, 15) is 4.79 Å². The monoisotopic (exact) mass is 218 g/mol. The predicted molar refractivity (Wildman–Crippen MR) is 60.6 cm³/mol. The van der Waals surface area contributed by atoms with E-state index in [0.717, 1.165) is 16.8 Å². The molecule has 0 aliphatic rings. The van der Waals surface area contributed by atoms with Crippen LogP contribution in [-0.2, 0) is 4.79 Å². The van der Waals surface area contributed by atoms with E-state index in [1.807, 2.05) is 38.2 Å². The summed E-state index contributed by atoms with van der Waals surface area (Å²) in [5.74, 6) is -0.849. The Hall–Kier alpha value is -1.84. The largest absolute Gasteiger partial charge is 0.481 e. The predicted octanol–water partition coefficient (Wildman–Crippen LogP) is 2.22. The number of aromatic nitrogens is 2. The molecule has 0 spiro atoms. The number of pyridine rings is 1. The van der Waals surface area contributed by atoms with Crippen molar-refractivity contribution in [1.29, 1.82) is 0 Å². The first-order valence-corrected chi connectivity index (χ1v) is 5.24. The zero-order valence-electron chi connectivity index (χ0n) is 9.34. The highest BCUT2D eigenvalue weighted by Crippen LogP contribution is 2.20. The number of carboxylic acids is 1. The van der Waals surface area contributed by atoms with Gasteiger partial charge in [-0.1, -0.05) is 13.0 Å². The van der Waals surface area contributed by atoms with Crippen molar-refractivity contribution in [3.63, 3.8) is 0 Å². The molecule has 0 aliphatic heterocycles. The van der Waals surface area contributed by atoms with Crippen molar-refractivity contribution in [2.24, 2.45) is 0 Å². The Morgan fingerprint density at radius 2 is 2.38 bits per heavy atom. The van der Waals surface area contributed by atoms with Crippen molar-refractivity contribution in [2.75, 3.05) is 0 Å². The molecule has 0 radical (unpaired) electrons. The van der Waals surface area contributed by atoms with Gasteiger partial charge in [0.15, 0.2) is 0 Å². The highest BCUT2D eigenvalue weighted by molar-refractivity contribution is 5.68. The fraction of sp³-hybridized carbons (Fsp3) is 0.333. The fourth-order valence-electron chi connectivity index (χ4n) is 1.78. The minimum Gasteiger partial charge on any atom is -0.481 e. The Morgan fingerprint density at radius 3 is 3.00 bits per heavy atom. The lowest BCUT2D eigenvalue weighted by molar-refractivity contribution is -0.137. The third kappa shape index (κ3) is 1.91. The Kier molecular flexibility index (Phi) is 2.64. The molecule has 2 heterocycles. The van der Waals surface area contributed by atoms with Crippen LogP contribution in [-0.4, -0.2) is 20.7 Å². The number of carboxylic acid groups (broad SMARTS) is 1. The summed E-state index contributed by atoms with van der Waals surface area (Å²) >= 11 is 0. The normalized spacial score (nSPS) is 12.9. The summed E-state index contributed by atoms with van der Waals surface area (Å²) in [5.41, 5.74) is 3.01. The van der Waals surface area contributed by atoms with Gasteiger partial charge in [0.25, 0.3) is 0 Å². The number of rotatable bonds is 3. The summed E-state index contributed by atoms with van der Waals surface area (Å²) in [7, 11) is 0. The van der Waals surface area contributed by atoms with Crippen LogP contribution in [0.3, 0.4) is 0 Å². The maximum Gasteiger partial charge on any atom is 0.304 e. The summed E-state index contributed by atoms with van der Waals surface area (Å²) in [5, 5.41) is 13.1. The Bertz CT molecular complexity index is 531. The first-order chi connectivity index (χ1) is 7.58. The molecule has 1 unspecified atom stereocenters. The van der Waals surface area contributed by atoms with Crippen LogP contribution >= 0.6 is 0 Å². The van der Waals surface area contributed by atoms with Gasteiger partial charge in [-0.05, 0) is 24.6 Å². The van der Waals surface area contributed by atoms with Crippen molar-refractivity contribution >= 4 is 11.5 Å². The van der Waals surface area contributed by atoms with E-state index < -0.39 is 5.97 Å². The highest BCUT2D eigenvalue weighted by Gasteiger charge is 2.14. The molecule has 0 saturated carbocycles. The maximum atomic E-state index is 10.6. The van der Waals surface area contributed by atoms with Crippen molar-refractivity contribution in [3.8, 4) is 0 Å². The van der Waals surface area contributed by atoms with Gasteiger partial charge >= 0.3 is 5.97 Å². The molecule has 84 valence electrons. The third-order valence-electron chi connectivity index (χ3n) is 2.72. The quantitative estimate of drug-likeness (QED) is 0.859. The molecule has 0 fully saturated rings. The van der Waals surface area contributed by atoms with Gasteiger partial charge in [-0.3, -0.25) is 4.79 Å². The fourth-order valence-corrected chi connectivity index (χ4v) is 1.78. The molecule has 2 rings (SSSR count). The minimum atomic E-state index is -0.790. The number of hydrogen-bond acceptors (Lipinski definition) is 2. The van der Waals surface area contributed by atoms with Crippen LogP contribution in [0, 0.1) is 6.92 Å². The third-order valence-corrected chi connectivity index (χ3v) is 2.72. The van der Waals surface area contributed by atoms with Gasteiger partial charge in [0.05, 0.1) is 17.6 Å². The number of carbonyl (C=O) groups is 1. The molecule has 4 heteroatoms.